The van der Waals surface area contributed by atoms with Crippen molar-refractivity contribution in [3.05, 3.63) is 59.2 Å². The number of ether oxygens (including phenoxy) is 1. The van der Waals surface area contributed by atoms with E-state index in [0.29, 0.717) is 11.3 Å². The predicted octanol–water partition coefficient (Wildman–Crippen LogP) is 1.52. The van der Waals surface area contributed by atoms with Gasteiger partial charge in [0, 0.05) is 11.3 Å². The molecule has 0 spiro atoms. The molecule has 0 radical (unpaired) electrons. The maximum absolute atomic E-state index is 12.0. The third-order valence-electron chi connectivity index (χ3n) is 4.18. The number of esters is 1. The summed E-state index contributed by atoms with van der Waals surface area (Å²) in [5.41, 5.74) is 3.14. The summed E-state index contributed by atoms with van der Waals surface area (Å²) in [6, 6.07) is 11.8. The van der Waals surface area contributed by atoms with Crippen LogP contribution in [0.4, 0.5) is 5.69 Å². The van der Waals surface area contributed by atoms with Crippen LogP contribution >= 0.6 is 0 Å². The second kappa shape index (κ2) is 7.81. The Hall–Kier alpha value is -3.20. The average molecular weight is 401 g/mol. The summed E-state index contributed by atoms with van der Waals surface area (Å²) < 4.78 is 31.1. The van der Waals surface area contributed by atoms with Gasteiger partial charge >= 0.3 is 5.97 Å². The number of amidine groups is 1. The Morgan fingerprint density at radius 3 is 2.61 bits per heavy atom. The molecule has 28 heavy (non-hydrogen) atoms. The Morgan fingerprint density at radius 2 is 1.86 bits per heavy atom. The molecule has 0 atom stereocenters. The van der Waals surface area contributed by atoms with Crippen LogP contribution in [-0.2, 0) is 24.3 Å². The molecule has 146 valence electrons. The summed E-state index contributed by atoms with van der Waals surface area (Å²) in [7, 11) is -3.67. The largest absolute Gasteiger partial charge is 0.454 e. The fraction of sp³-hybridized carbons (Fsp3) is 0.211. The molecule has 1 aliphatic rings. The molecule has 2 N–H and O–H groups in total. The van der Waals surface area contributed by atoms with Gasteiger partial charge in [0.1, 0.15) is 12.4 Å². The molecule has 0 fully saturated rings. The second-order valence-electron chi connectivity index (χ2n) is 6.27. The Balaban J connectivity index is 1.54. The number of hydrogen-bond acceptors (Lipinski definition) is 6. The number of aliphatic imine (C=N–C) groups is 1. The van der Waals surface area contributed by atoms with E-state index in [1.165, 1.54) is 6.07 Å². The molecule has 0 saturated carbocycles. The number of nitrogens with one attached hydrogen (secondary N) is 2. The number of hydrogen-bond donors (Lipinski definition) is 2. The maximum atomic E-state index is 12.0. The van der Waals surface area contributed by atoms with Crippen molar-refractivity contribution in [2.24, 2.45) is 4.99 Å². The average Bonchev–Trinajstić information content (AvgIpc) is 2.92. The van der Waals surface area contributed by atoms with Crippen molar-refractivity contribution in [1.82, 2.24) is 4.72 Å². The summed E-state index contributed by atoms with van der Waals surface area (Å²) in [4.78, 5) is 27.8. The molecule has 0 aliphatic carbocycles. The van der Waals surface area contributed by atoms with Gasteiger partial charge in [0.15, 0.2) is 6.61 Å². The molecule has 1 amide bonds. The highest BCUT2D eigenvalue weighted by atomic mass is 32.2. The van der Waals surface area contributed by atoms with Crippen molar-refractivity contribution in [3.63, 3.8) is 0 Å². The molecule has 0 unspecified atom stereocenters. The first-order valence-electron chi connectivity index (χ1n) is 8.45. The smallest absolute Gasteiger partial charge is 0.328 e. The van der Waals surface area contributed by atoms with E-state index in [-0.39, 0.29) is 10.7 Å². The van der Waals surface area contributed by atoms with Crippen molar-refractivity contribution >= 4 is 33.4 Å². The van der Waals surface area contributed by atoms with Crippen molar-refractivity contribution < 1.29 is 22.7 Å². The van der Waals surface area contributed by atoms with E-state index in [4.69, 9.17) is 4.74 Å². The van der Waals surface area contributed by atoms with E-state index in [9.17, 15) is 18.0 Å². The van der Waals surface area contributed by atoms with Crippen LogP contribution in [0.25, 0.3) is 0 Å². The van der Waals surface area contributed by atoms with Gasteiger partial charge in [-0.2, -0.15) is 0 Å². The van der Waals surface area contributed by atoms with E-state index in [2.05, 4.69) is 15.0 Å². The van der Waals surface area contributed by atoms with Crippen LogP contribution in [-0.4, -0.2) is 39.3 Å². The minimum atomic E-state index is -3.67. The molecule has 2 aromatic rings. The lowest BCUT2D eigenvalue weighted by Gasteiger charge is -2.08. The molecule has 0 aromatic heterocycles. The fourth-order valence-electron chi connectivity index (χ4n) is 2.60. The Morgan fingerprint density at radius 1 is 1.11 bits per heavy atom. The van der Waals surface area contributed by atoms with Gasteiger partial charge in [0.2, 0.25) is 0 Å². The number of carbonyl (C=O) groups excluding carboxylic acids is 2. The first-order valence-corrected chi connectivity index (χ1v) is 9.94. The van der Waals surface area contributed by atoms with Gasteiger partial charge < -0.3 is 10.1 Å². The summed E-state index contributed by atoms with van der Waals surface area (Å²) in [5.74, 6) is -1.14. The van der Waals surface area contributed by atoms with Crippen LogP contribution in [0.15, 0.2) is 52.4 Å². The zero-order chi connectivity index (χ0) is 20.3. The van der Waals surface area contributed by atoms with Crippen LogP contribution < -0.4 is 10.0 Å². The normalized spacial score (nSPS) is 15.6. The zero-order valence-electron chi connectivity index (χ0n) is 15.4. The molecule has 1 heterocycles. The monoisotopic (exact) mass is 401 g/mol. The third kappa shape index (κ3) is 4.37. The van der Waals surface area contributed by atoms with Crippen LogP contribution in [0.3, 0.4) is 0 Å². The Labute approximate surface area is 162 Å². The van der Waals surface area contributed by atoms with Gasteiger partial charge in [0.25, 0.3) is 15.9 Å². The lowest BCUT2D eigenvalue weighted by molar-refractivity contribution is -0.145. The number of amides is 1. The second-order valence-corrected chi connectivity index (χ2v) is 7.93. The highest BCUT2D eigenvalue weighted by Crippen LogP contribution is 2.22. The highest BCUT2D eigenvalue weighted by Gasteiger charge is 2.30. The van der Waals surface area contributed by atoms with E-state index < -0.39 is 35.1 Å². The van der Waals surface area contributed by atoms with Crippen molar-refractivity contribution in [2.75, 3.05) is 18.5 Å². The molecule has 3 rings (SSSR count). The van der Waals surface area contributed by atoms with Crippen LogP contribution in [0.5, 0.6) is 0 Å². The van der Waals surface area contributed by atoms with Crippen molar-refractivity contribution in [3.8, 4) is 0 Å². The Bertz CT molecular complexity index is 1080. The summed E-state index contributed by atoms with van der Waals surface area (Å²) >= 11 is 0. The topological polar surface area (TPSA) is 114 Å². The van der Waals surface area contributed by atoms with Crippen molar-refractivity contribution in [2.45, 2.75) is 18.7 Å². The van der Waals surface area contributed by atoms with Gasteiger partial charge in [-0.1, -0.05) is 18.2 Å². The number of carbonyl (C=O) groups is 2. The lowest BCUT2D eigenvalue weighted by Crippen LogP contribution is -2.25. The van der Waals surface area contributed by atoms with Gasteiger partial charge in [-0.05, 0) is 49.2 Å². The van der Waals surface area contributed by atoms with Gasteiger partial charge in [-0.15, -0.1) is 0 Å². The number of nitrogens with zero attached hydrogens (tertiary/aromatic N) is 1. The van der Waals surface area contributed by atoms with E-state index in [1.807, 2.05) is 26.0 Å². The number of sulfonamides is 1. The van der Waals surface area contributed by atoms with Crippen LogP contribution in [0, 0.1) is 13.8 Å². The first kappa shape index (κ1) is 19.6. The predicted molar refractivity (Wildman–Crippen MR) is 104 cm³/mol. The highest BCUT2D eigenvalue weighted by molar-refractivity contribution is 7.90. The molecule has 9 heteroatoms. The quantitative estimate of drug-likeness (QED) is 0.738. The van der Waals surface area contributed by atoms with E-state index in [1.54, 1.807) is 24.3 Å². The number of benzene rings is 2. The number of fused-ring (bicyclic) bond motifs is 1. The molecule has 1 aliphatic heterocycles. The summed E-state index contributed by atoms with van der Waals surface area (Å²) in [6.45, 7) is 3.02. The molecular formula is C19H19N3O5S. The SMILES string of the molecule is Cc1ccc(NC(=O)COC(=O)CN=C2NS(=O)(=O)c3ccccc32)cc1C. The number of aryl methyl sites for hydroxylation is 2. The van der Waals surface area contributed by atoms with Crippen molar-refractivity contribution in [1.29, 1.82) is 0 Å². The molecular weight excluding hydrogens is 382 g/mol. The van der Waals surface area contributed by atoms with E-state index in [0.717, 1.165) is 11.1 Å². The first-order chi connectivity index (χ1) is 13.3. The lowest BCUT2D eigenvalue weighted by atomic mass is 10.1. The van der Waals surface area contributed by atoms with E-state index >= 15 is 0 Å². The minimum Gasteiger partial charge on any atom is -0.454 e. The van der Waals surface area contributed by atoms with Gasteiger partial charge in [-0.3, -0.25) is 19.3 Å². The van der Waals surface area contributed by atoms with Gasteiger partial charge in [-0.25, -0.2) is 8.42 Å². The minimum absolute atomic E-state index is 0.0760. The maximum Gasteiger partial charge on any atom is 0.328 e. The zero-order valence-corrected chi connectivity index (χ0v) is 16.2. The molecule has 8 nitrogen and oxygen atoms in total. The van der Waals surface area contributed by atoms with Crippen LogP contribution in [0.1, 0.15) is 16.7 Å². The summed E-state index contributed by atoms with van der Waals surface area (Å²) in [5, 5.41) is 2.64. The molecule has 0 saturated heterocycles. The fourth-order valence-corrected chi connectivity index (χ4v) is 3.85. The Kier molecular flexibility index (Phi) is 5.46. The van der Waals surface area contributed by atoms with Gasteiger partial charge in [0.05, 0.1) is 4.90 Å². The standard InChI is InChI=1S/C19H19N3O5S/c1-12-7-8-14(9-13(12)2)21-17(23)11-27-18(24)10-20-19-15-5-3-4-6-16(15)28(25,26)22-19/h3-9H,10-11H2,1-2H3,(H,20,22)(H,21,23). The summed E-state index contributed by atoms with van der Waals surface area (Å²) in [6.07, 6.45) is 0. The number of anilines is 1. The third-order valence-corrected chi connectivity index (χ3v) is 5.58. The molecule has 0 bridgehead atoms. The van der Waals surface area contributed by atoms with Crippen LogP contribution in [0.2, 0.25) is 0 Å². The number of rotatable bonds is 5. The molecule has 2 aromatic carbocycles.